The summed E-state index contributed by atoms with van der Waals surface area (Å²) in [6.07, 6.45) is -1.09. The molecule has 4 heteroatoms. The van der Waals surface area contributed by atoms with Crippen molar-refractivity contribution in [2.24, 2.45) is 0 Å². The summed E-state index contributed by atoms with van der Waals surface area (Å²) in [6.45, 7) is 0. The van der Waals surface area contributed by atoms with Crippen LogP contribution in [0, 0.1) is 17.1 Å². The van der Waals surface area contributed by atoms with E-state index in [1.165, 1.54) is 25.3 Å². The van der Waals surface area contributed by atoms with Crippen molar-refractivity contribution in [2.45, 2.75) is 12.5 Å². The molecular weight excluding hydrogens is 185 g/mol. The molecule has 74 valence electrons. The van der Waals surface area contributed by atoms with Crippen molar-refractivity contribution >= 4 is 0 Å². The van der Waals surface area contributed by atoms with Crippen molar-refractivity contribution in [3.8, 4) is 11.8 Å². The number of aliphatic hydroxyl groups excluding tert-OH is 1. The topological polar surface area (TPSA) is 53.2 Å². The number of nitrogens with zero attached hydrogens (tertiary/aromatic N) is 1. The Morgan fingerprint density at radius 1 is 1.64 bits per heavy atom. The standard InChI is InChI=1S/C10H10FNO2/c1-14-10-3-2-7(11)6-8(10)9(13)4-5-12/h2-3,6,9,13H,4H2,1H3. The van der Waals surface area contributed by atoms with E-state index < -0.39 is 11.9 Å². The van der Waals surface area contributed by atoms with Gasteiger partial charge in [-0.15, -0.1) is 0 Å². The first kappa shape index (κ1) is 10.5. The molecule has 0 aliphatic heterocycles. The molecule has 0 heterocycles. The quantitative estimate of drug-likeness (QED) is 0.799. The van der Waals surface area contributed by atoms with E-state index in [0.717, 1.165) is 0 Å². The predicted molar refractivity (Wildman–Crippen MR) is 48.1 cm³/mol. The molecule has 0 fully saturated rings. The second-order valence-corrected chi connectivity index (χ2v) is 2.76. The van der Waals surface area contributed by atoms with Gasteiger partial charge >= 0.3 is 0 Å². The third-order valence-electron chi connectivity index (χ3n) is 1.84. The summed E-state index contributed by atoms with van der Waals surface area (Å²) in [6, 6.07) is 5.64. The highest BCUT2D eigenvalue weighted by molar-refractivity contribution is 5.35. The summed E-state index contributed by atoms with van der Waals surface area (Å²) >= 11 is 0. The van der Waals surface area contributed by atoms with Gasteiger partial charge in [-0.25, -0.2) is 4.39 Å². The minimum absolute atomic E-state index is 0.0835. The fourth-order valence-electron chi connectivity index (χ4n) is 1.16. The highest BCUT2D eigenvalue weighted by Gasteiger charge is 2.13. The van der Waals surface area contributed by atoms with Gasteiger partial charge in [0, 0.05) is 5.56 Å². The number of nitriles is 1. The number of aliphatic hydroxyl groups is 1. The van der Waals surface area contributed by atoms with Gasteiger partial charge < -0.3 is 9.84 Å². The lowest BCUT2D eigenvalue weighted by Crippen LogP contribution is -2.00. The molecule has 0 aromatic heterocycles. The smallest absolute Gasteiger partial charge is 0.124 e. The molecule has 0 saturated heterocycles. The Labute approximate surface area is 81.4 Å². The Balaban J connectivity index is 3.04. The van der Waals surface area contributed by atoms with E-state index in [-0.39, 0.29) is 6.42 Å². The highest BCUT2D eigenvalue weighted by atomic mass is 19.1. The number of methoxy groups -OCH3 is 1. The number of rotatable bonds is 3. The zero-order valence-electron chi connectivity index (χ0n) is 7.70. The summed E-state index contributed by atoms with van der Waals surface area (Å²) in [5.74, 6) is -0.0769. The largest absolute Gasteiger partial charge is 0.496 e. The van der Waals surface area contributed by atoms with Gasteiger partial charge in [-0.3, -0.25) is 0 Å². The van der Waals surface area contributed by atoms with Crippen molar-refractivity contribution in [1.82, 2.24) is 0 Å². The molecule has 0 saturated carbocycles. The second-order valence-electron chi connectivity index (χ2n) is 2.76. The van der Waals surface area contributed by atoms with Gasteiger partial charge in [-0.05, 0) is 18.2 Å². The van der Waals surface area contributed by atoms with Gasteiger partial charge in [0.25, 0.3) is 0 Å². The Hall–Kier alpha value is -1.60. The summed E-state index contributed by atoms with van der Waals surface area (Å²) in [5.41, 5.74) is 0.300. The molecule has 0 amide bonds. The van der Waals surface area contributed by atoms with Crippen LogP contribution in [-0.2, 0) is 0 Å². The third kappa shape index (κ3) is 2.21. The van der Waals surface area contributed by atoms with Crippen LogP contribution in [0.3, 0.4) is 0 Å². The molecule has 1 unspecified atom stereocenters. The van der Waals surface area contributed by atoms with Crippen LogP contribution in [0.15, 0.2) is 18.2 Å². The molecule has 0 bridgehead atoms. The molecule has 3 nitrogen and oxygen atoms in total. The number of hydrogen-bond donors (Lipinski definition) is 1. The molecule has 1 aromatic carbocycles. The Morgan fingerprint density at radius 2 is 2.36 bits per heavy atom. The molecule has 1 atom stereocenters. The molecule has 14 heavy (non-hydrogen) atoms. The van der Waals surface area contributed by atoms with Crippen LogP contribution in [0.25, 0.3) is 0 Å². The summed E-state index contributed by atoms with van der Waals surface area (Å²) in [5, 5.41) is 17.9. The summed E-state index contributed by atoms with van der Waals surface area (Å²) in [4.78, 5) is 0. The Kier molecular flexibility index (Phi) is 3.43. The molecule has 1 aromatic rings. The van der Waals surface area contributed by atoms with Gasteiger partial charge in [0.05, 0.1) is 25.7 Å². The SMILES string of the molecule is COc1ccc(F)cc1C(O)CC#N. The Morgan fingerprint density at radius 3 is 2.93 bits per heavy atom. The van der Waals surface area contributed by atoms with E-state index in [9.17, 15) is 9.50 Å². The highest BCUT2D eigenvalue weighted by Crippen LogP contribution is 2.27. The monoisotopic (exact) mass is 195 g/mol. The van der Waals surface area contributed by atoms with Crippen LogP contribution in [0.4, 0.5) is 4.39 Å². The van der Waals surface area contributed by atoms with E-state index in [1.54, 1.807) is 0 Å². The molecule has 0 aliphatic rings. The van der Waals surface area contributed by atoms with Crippen LogP contribution in [0.1, 0.15) is 18.1 Å². The minimum atomic E-state index is -1.01. The van der Waals surface area contributed by atoms with E-state index >= 15 is 0 Å². The van der Waals surface area contributed by atoms with Gasteiger partial charge in [0.15, 0.2) is 0 Å². The normalized spacial score (nSPS) is 11.9. The van der Waals surface area contributed by atoms with E-state index in [0.29, 0.717) is 11.3 Å². The van der Waals surface area contributed by atoms with Crippen LogP contribution in [0.5, 0.6) is 5.75 Å². The van der Waals surface area contributed by atoms with E-state index in [1.807, 2.05) is 6.07 Å². The lowest BCUT2D eigenvalue weighted by atomic mass is 10.1. The first-order valence-electron chi connectivity index (χ1n) is 4.07. The maximum Gasteiger partial charge on any atom is 0.124 e. The molecule has 1 rings (SSSR count). The lowest BCUT2D eigenvalue weighted by Gasteiger charge is -2.11. The molecule has 1 N–H and O–H groups in total. The fourth-order valence-corrected chi connectivity index (χ4v) is 1.16. The van der Waals surface area contributed by atoms with Gasteiger partial charge in [0.2, 0.25) is 0 Å². The zero-order valence-corrected chi connectivity index (χ0v) is 7.70. The van der Waals surface area contributed by atoms with Crippen LogP contribution < -0.4 is 4.74 Å². The van der Waals surface area contributed by atoms with Crippen LogP contribution in [-0.4, -0.2) is 12.2 Å². The summed E-state index contributed by atoms with van der Waals surface area (Å²) in [7, 11) is 1.43. The van der Waals surface area contributed by atoms with Crippen molar-refractivity contribution in [3.63, 3.8) is 0 Å². The second kappa shape index (κ2) is 4.58. The van der Waals surface area contributed by atoms with Crippen LogP contribution in [0.2, 0.25) is 0 Å². The average Bonchev–Trinajstić information content (AvgIpc) is 2.18. The first-order chi connectivity index (χ1) is 6.69. The molecule has 0 spiro atoms. The number of ether oxygens (including phenoxy) is 1. The molecule has 0 radical (unpaired) electrons. The Bertz CT molecular complexity index is 360. The van der Waals surface area contributed by atoms with Crippen molar-refractivity contribution < 1.29 is 14.2 Å². The third-order valence-corrected chi connectivity index (χ3v) is 1.84. The van der Waals surface area contributed by atoms with Gasteiger partial charge in [-0.2, -0.15) is 5.26 Å². The first-order valence-corrected chi connectivity index (χ1v) is 4.07. The zero-order chi connectivity index (χ0) is 10.6. The van der Waals surface area contributed by atoms with Crippen molar-refractivity contribution in [3.05, 3.63) is 29.6 Å². The van der Waals surface area contributed by atoms with E-state index in [4.69, 9.17) is 10.00 Å². The maximum absolute atomic E-state index is 12.8. The van der Waals surface area contributed by atoms with E-state index in [2.05, 4.69) is 0 Å². The predicted octanol–water partition coefficient (Wildman–Crippen LogP) is 1.78. The summed E-state index contributed by atoms with van der Waals surface area (Å²) < 4.78 is 17.8. The van der Waals surface area contributed by atoms with Crippen molar-refractivity contribution in [1.29, 1.82) is 5.26 Å². The number of hydrogen-bond acceptors (Lipinski definition) is 3. The minimum Gasteiger partial charge on any atom is -0.496 e. The maximum atomic E-state index is 12.8. The van der Waals surface area contributed by atoms with Gasteiger partial charge in [0.1, 0.15) is 11.6 Å². The van der Waals surface area contributed by atoms with Crippen molar-refractivity contribution in [2.75, 3.05) is 7.11 Å². The lowest BCUT2D eigenvalue weighted by molar-refractivity contribution is 0.178. The fraction of sp³-hybridized carbons (Fsp3) is 0.300. The number of halogens is 1. The molecule has 0 aliphatic carbocycles. The molecular formula is C10H10FNO2. The number of benzene rings is 1. The average molecular weight is 195 g/mol. The van der Waals surface area contributed by atoms with Gasteiger partial charge in [-0.1, -0.05) is 0 Å². The van der Waals surface area contributed by atoms with Crippen LogP contribution >= 0.6 is 0 Å².